The van der Waals surface area contributed by atoms with Crippen LogP contribution < -0.4 is 10.6 Å². The van der Waals surface area contributed by atoms with Crippen LogP contribution in [0.3, 0.4) is 0 Å². The van der Waals surface area contributed by atoms with Gasteiger partial charge in [0.05, 0.1) is 5.01 Å². The Labute approximate surface area is 207 Å². The van der Waals surface area contributed by atoms with E-state index in [1.807, 2.05) is 23.1 Å². The minimum Gasteiger partial charge on any atom is -0.368 e. The zero-order valence-corrected chi connectivity index (χ0v) is 20.2. The molecule has 1 aliphatic heterocycles. The van der Waals surface area contributed by atoms with Crippen molar-refractivity contribution in [1.29, 1.82) is 0 Å². The largest absolute Gasteiger partial charge is 0.368 e. The molecule has 1 fully saturated rings. The lowest BCUT2D eigenvalue weighted by molar-refractivity contribution is -0.131. The standard InChI is InChI=1S/C26H27FN6OS/c27-20-10-6-19(7-11-20)8-12-21-29-23-24(30-26(28)31-25(23)35-21)33-16-14-32(15-17-33)22(34)13-9-18-4-2-1-3-5-18/h1-7,10-11H,8-9,12-17H2,(H2,28,30,31). The maximum absolute atomic E-state index is 13.2. The molecule has 7 nitrogen and oxygen atoms in total. The fourth-order valence-electron chi connectivity index (χ4n) is 4.32. The normalized spacial score (nSPS) is 14.0. The molecule has 4 aromatic rings. The van der Waals surface area contributed by atoms with Gasteiger partial charge in [-0.3, -0.25) is 4.79 Å². The van der Waals surface area contributed by atoms with E-state index in [4.69, 9.17) is 10.7 Å². The predicted molar refractivity (Wildman–Crippen MR) is 137 cm³/mol. The number of carbonyl (C=O) groups excluding carboxylic acids is 1. The van der Waals surface area contributed by atoms with E-state index in [1.165, 1.54) is 29.0 Å². The van der Waals surface area contributed by atoms with Crippen molar-refractivity contribution in [1.82, 2.24) is 19.9 Å². The van der Waals surface area contributed by atoms with Gasteiger partial charge in [-0.25, -0.2) is 14.4 Å². The molecule has 2 aromatic heterocycles. The Balaban J connectivity index is 1.23. The van der Waals surface area contributed by atoms with E-state index in [0.717, 1.165) is 46.0 Å². The first kappa shape index (κ1) is 23.2. The van der Waals surface area contributed by atoms with Crippen molar-refractivity contribution < 1.29 is 9.18 Å². The lowest BCUT2D eigenvalue weighted by atomic mass is 10.1. The molecule has 0 radical (unpaired) electrons. The first-order chi connectivity index (χ1) is 17.0. The van der Waals surface area contributed by atoms with Crippen LogP contribution in [0.2, 0.25) is 0 Å². The van der Waals surface area contributed by atoms with Crippen molar-refractivity contribution in [3.05, 3.63) is 76.5 Å². The molecular weight excluding hydrogens is 463 g/mol. The highest BCUT2D eigenvalue weighted by molar-refractivity contribution is 7.18. The summed E-state index contributed by atoms with van der Waals surface area (Å²) in [6.45, 7) is 2.62. The predicted octanol–water partition coefficient (Wildman–Crippen LogP) is 3.87. The summed E-state index contributed by atoms with van der Waals surface area (Å²) in [6.07, 6.45) is 2.76. The second-order valence-electron chi connectivity index (χ2n) is 8.65. The molecule has 0 spiro atoms. The summed E-state index contributed by atoms with van der Waals surface area (Å²) in [7, 11) is 0. The van der Waals surface area contributed by atoms with Crippen molar-refractivity contribution >= 4 is 39.4 Å². The highest BCUT2D eigenvalue weighted by atomic mass is 32.1. The minimum atomic E-state index is -0.234. The van der Waals surface area contributed by atoms with Gasteiger partial charge in [0.1, 0.15) is 11.3 Å². The van der Waals surface area contributed by atoms with Crippen LogP contribution in [-0.2, 0) is 24.1 Å². The number of aromatic nitrogens is 3. The van der Waals surface area contributed by atoms with E-state index < -0.39 is 0 Å². The quantitative estimate of drug-likeness (QED) is 0.423. The third-order valence-corrected chi connectivity index (χ3v) is 7.25. The van der Waals surface area contributed by atoms with Crippen LogP contribution in [-0.4, -0.2) is 51.9 Å². The van der Waals surface area contributed by atoms with Gasteiger partial charge >= 0.3 is 0 Å². The SMILES string of the molecule is Nc1nc(N2CCN(C(=O)CCc3ccccc3)CC2)c2nc(CCc3ccc(F)cc3)sc2n1. The molecule has 0 aliphatic carbocycles. The molecule has 0 unspecified atom stereocenters. The van der Waals surface area contributed by atoms with Crippen LogP contribution in [0.15, 0.2) is 54.6 Å². The summed E-state index contributed by atoms with van der Waals surface area (Å²) in [4.78, 5) is 31.3. The van der Waals surface area contributed by atoms with Crippen LogP contribution in [0, 0.1) is 5.82 Å². The average molecular weight is 491 g/mol. The van der Waals surface area contributed by atoms with Crippen LogP contribution in [0.4, 0.5) is 16.2 Å². The second-order valence-corrected chi connectivity index (χ2v) is 9.71. The zero-order valence-electron chi connectivity index (χ0n) is 19.4. The number of aryl methyl sites for hydroxylation is 3. The Morgan fingerprint density at radius 1 is 0.886 bits per heavy atom. The minimum absolute atomic E-state index is 0.178. The number of rotatable bonds is 7. The number of hydrogen-bond donors (Lipinski definition) is 1. The molecule has 35 heavy (non-hydrogen) atoms. The molecule has 1 amide bonds. The smallest absolute Gasteiger partial charge is 0.223 e. The van der Waals surface area contributed by atoms with Crippen molar-refractivity contribution in [2.45, 2.75) is 25.7 Å². The molecule has 5 rings (SSSR count). The Kier molecular flexibility index (Phi) is 6.85. The highest BCUT2D eigenvalue weighted by Crippen LogP contribution is 2.30. The molecule has 3 heterocycles. The fourth-order valence-corrected chi connectivity index (χ4v) is 5.26. The van der Waals surface area contributed by atoms with Crippen LogP contribution in [0.25, 0.3) is 10.3 Å². The average Bonchev–Trinajstić information content (AvgIpc) is 3.30. The van der Waals surface area contributed by atoms with E-state index in [9.17, 15) is 9.18 Å². The van der Waals surface area contributed by atoms with Crippen molar-refractivity contribution in [3.63, 3.8) is 0 Å². The van der Waals surface area contributed by atoms with E-state index in [-0.39, 0.29) is 17.7 Å². The number of nitrogens with two attached hydrogens (primary N) is 1. The number of carbonyl (C=O) groups is 1. The molecule has 1 aliphatic rings. The second kappa shape index (κ2) is 10.4. The van der Waals surface area contributed by atoms with Crippen molar-refractivity contribution in [2.24, 2.45) is 0 Å². The molecule has 2 aromatic carbocycles. The molecule has 0 saturated carbocycles. The Morgan fingerprint density at radius 3 is 2.34 bits per heavy atom. The van der Waals surface area contributed by atoms with Gasteiger partial charge in [-0.05, 0) is 36.1 Å². The van der Waals surface area contributed by atoms with Gasteiger partial charge in [0.2, 0.25) is 11.9 Å². The Bertz CT molecular complexity index is 1300. The number of hydrogen-bond acceptors (Lipinski definition) is 7. The zero-order chi connectivity index (χ0) is 24.2. The van der Waals surface area contributed by atoms with E-state index >= 15 is 0 Å². The fraction of sp³-hybridized carbons (Fsp3) is 0.308. The van der Waals surface area contributed by atoms with Gasteiger partial charge in [0.15, 0.2) is 10.6 Å². The number of piperazine rings is 1. The van der Waals surface area contributed by atoms with Crippen molar-refractivity contribution in [2.75, 3.05) is 36.8 Å². The lowest BCUT2D eigenvalue weighted by Crippen LogP contribution is -2.49. The maximum Gasteiger partial charge on any atom is 0.223 e. The van der Waals surface area contributed by atoms with Crippen LogP contribution >= 0.6 is 11.3 Å². The number of nitrogen functional groups attached to an aromatic ring is 1. The molecule has 1 saturated heterocycles. The number of fused-ring (bicyclic) bond motifs is 1. The first-order valence-corrected chi connectivity index (χ1v) is 12.6. The summed E-state index contributed by atoms with van der Waals surface area (Å²) >= 11 is 1.51. The van der Waals surface area contributed by atoms with Crippen molar-refractivity contribution in [3.8, 4) is 0 Å². The van der Waals surface area contributed by atoms with Gasteiger partial charge in [-0.2, -0.15) is 4.98 Å². The molecule has 2 N–H and O–H groups in total. The summed E-state index contributed by atoms with van der Waals surface area (Å²) in [5, 5.41) is 0.945. The van der Waals surface area contributed by atoms with Crippen LogP contribution in [0.1, 0.15) is 22.6 Å². The van der Waals surface area contributed by atoms with E-state index in [0.29, 0.717) is 32.6 Å². The molecule has 0 bridgehead atoms. The summed E-state index contributed by atoms with van der Waals surface area (Å²) in [6, 6.07) is 16.6. The number of amides is 1. The number of halogens is 1. The topological polar surface area (TPSA) is 88.2 Å². The maximum atomic E-state index is 13.2. The number of nitrogens with zero attached hydrogens (tertiary/aromatic N) is 5. The van der Waals surface area contributed by atoms with Gasteiger partial charge in [-0.1, -0.05) is 53.8 Å². The summed E-state index contributed by atoms with van der Waals surface area (Å²) < 4.78 is 13.2. The lowest BCUT2D eigenvalue weighted by Gasteiger charge is -2.35. The van der Waals surface area contributed by atoms with Gasteiger partial charge in [-0.15, -0.1) is 0 Å². The van der Waals surface area contributed by atoms with E-state index in [1.54, 1.807) is 12.1 Å². The summed E-state index contributed by atoms with van der Waals surface area (Å²) in [5.41, 5.74) is 9.01. The first-order valence-electron chi connectivity index (χ1n) is 11.8. The number of benzene rings is 2. The third kappa shape index (κ3) is 5.57. The molecule has 0 atom stereocenters. The number of anilines is 2. The highest BCUT2D eigenvalue weighted by Gasteiger charge is 2.25. The molecular formula is C26H27FN6OS. The Morgan fingerprint density at radius 2 is 1.60 bits per heavy atom. The van der Waals surface area contributed by atoms with Crippen LogP contribution in [0.5, 0.6) is 0 Å². The molecule has 9 heteroatoms. The van der Waals surface area contributed by atoms with E-state index in [2.05, 4.69) is 27.0 Å². The monoisotopic (exact) mass is 490 g/mol. The Hall–Kier alpha value is -3.59. The number of thiazole rings is 1. The van der Waals surface area contributed by atoms with Gasteiger partial charge < -0.3 is 15.5 Å². The molecule has 180 valence electrons. The van der Waals surface area contributed by atoms with Gasteiger partial charge in [0.25, 0.3) is 0 Å². The summed E-state index contributed by atoms with van der Waals surface area (Å²) in [5.74, 6) is 0.899. The van der Waals surface area contributed by atoms with Gasteiger partial charge in [0, 0.05) is 39.0 Å². The third-order valence-electron chi connectivity index (χ3n) is 6.24.